The Morgan fingerprint density at radius 1 is 0.880 bits per heavy atom. The molecular formula is C19H25NO4S. The molecule has 5 nitrogen and oxygen atoms in total. The largest absolute Gasteiger partial charge is 0.490 e. The van der Waals surface area contributed by atoms with E-state index in [4.69, 9.17) is 9.47 Å². The van der Waals surface area contributed by atoms with Crippen molar-refractivity contribution in [2.45, 2.75) is 39.5 Å². The second-order valence-corrected chi connectivity index (χ2v) is 7.54. The van der Waals surface area contributed by atoms with Gasteiger partial charge < -0.3 is 9.47 Å². The number of sulfonamides is 1. The summed E-state index contributed by atoms with van der Waals surface area (Å²) in [6, 6.07) is 8.55. The van der Waals surface area contributed by atoms with E-state index >= 15 is 0 Å². The smallest absolute Gasteiger partial charge is 0.262 e. The van der Waals surface area contributed by atoms with Crippen LogP contribution >= 0.6 is 0 Å². The van der Waals surface area contributed by atoms with Gasteiger partial charge >= 0.3 is 0 Å². The third-order valence-electron chi connectivity index (χ3n) is 3.74. The third kappa shape index (κ3) is 4.45. The van der Waals surface area contributed by atoms with Gasteiger partial charge in [-0.2, -0.15) is 0 Å². The lowest BCUT2D eigenvalue weighted by Gasteiger charge is -2.16. The molecule has 0 aliphatic carbocycles. The molecule has 0 radical (unpaired) electrons. The SMILES string of the molecule is CCOc1ccc(S(=O)(=O)Nc2c(C)cc(C)cc2C)cc1OCC. The Bertz CT molecular complexity index is 837. The van der Waals surface area contributed by atoms with Gasteiger partial charge in [-0.3, -0.25) is 4.72 Å². The van der Waals surface area contributed by atoms with Crippen molar-refractivity contribution in [1.29, 1.82) is 0 Å². The van der Waals surface area contributed by atoms with Crippen molar-refractivity contribution in [1.82, 2.24) is 0 Å². The van der Waals surface area contributed by atoms with Crippen LogP contribution in [0.25, 0.3) is 0 Å². The zero-order chi connectivity index (χ0) is 18.6. The number of anilines is 1. The van der Waals surface area contributed by atoms with Crippen LogP contribution in [0.2, 0.25) is 0 Å². The number of hydrogen-bond donors (Lipinski definition) is 1. The molecule has 0 saturated heterocycles. The van der Waals surface area contributed by atoms with E-state index in [0.717, 1.165) is 16.7 Å². The molecule has 0 saturated carbocycles. The van der Waals surface area contributed by atoms with Gasteiger partial charge in [0.15, 0.2) is 11.5 Å². The van der Waals surface area contributed by atoms with E-state index in [2.05, 4.69) is 4.72 Å². The van der Waals surface area contributed by atoms with Crippen LogP contribution in [0, 0.1) is 20.8 Å². The Labute approximate surface area is 150 Å². The number of hydrogen-bond acceptors (Lipinski definition) is 4. The number of rotatable bonds is 7. The standard InChI is InChI=1S/C19H25NO4S/c1-6-23-17-9-8-16(12-18(17)24-7-2)25(21,22)20-19-14(4)10-13(3)11-15(19)5/h8-12,20H,6-7H2,1-5H3. The quantitative estimate of drug-likeness (QED) is 0.800. The highest BCUT2D eigenvalue weighted by Gasteiger charge is 2.19. The first-order valence-electron chi connectivity index (χ1n) is 8.28. The summed E-state index contributed by atoms with van der Waals surface area (Å²) in [5.41, 5.74) is 3.48. The highest BCUT2D eigenvalue weighted by Crippen LogP contribution is 2.32. The lowest BCUT2D eigenvalue weighted by Crippen LogP contribution is -2.15. The lowest BCUT2D eigenvalue weighted by molar-refractivity contribution is 0.287. The van der Waals surface area contributed by atoms with Gasteiger partial charge in [0.05, 0.1) is 23.8 Å². The summed E-state index contributed by atoms with van der Waals surface area (Å²) < 4.78 is 39.3. The molecule has 0 atom stereocenters. The Morgan fingerprint density at radius 3 is 2.00 bits per heavy atom. The summed E-state index contributed by atoms with van der Waals surface area (Å²) in [5.74, 6) is 0.954. The summed E-state index contributed by atoms with van der Waals surface area (Å²) >= 11 is 0. The fraction of sp³-hybridized carbons (Fsp3) is 0.368. The van der Waals surface area contributed by atoms with Gasteiger partial charge in [-0.1, -0.05) is 17.7 Å². The van der Waals surface area contributed by atoms with Gasteiger partial charge in [0.25, 0.3) is 10.0 Å². The number of ether oxygens (including phenoxy) is 2. The first-order valence-corrected chi connectivity index (χ1v) is 9.77. The van der Waals surface area contributed by atoms with E-state index in [-0.39, 0.29) is 4.90 Å². The third-order valence-corrected chi connectivity index (χ3v) is 5.09. The average Bonchev–Trinajstić information content (AvgIpc) is 2.53. The van der Waals surface area contributed by atoms with Crippen molar-refractivity contribution in [2.75, 3.05) is 17.9 Å². The van der Waals surface area contributed by atoms with Crippen LogP contribution in [0.3, 0.4) is 0 Å². The van der Waals surface area contributed by atoms with Gasteiger partial charge in [0.2, 0.25) is 0 Å². The van der Waals surface area contributed by atoms with Crippen LogP contribution in [0.5, 0.6) is 11.5 Å². The molecule has 0 aromatic heterocycles. The molecular weight excluding hydrogens is 338 g/mol. The normalized spacial score (nSPS) is 11.2. The van der Waals surface area contributed by atoms with Gasteiger partial charge in [-0.25, -0.2) is 8.42 Å². The lowest BCUT2D eigenvalue weighted by atomic mass is 10.1. The first kappa shape index (κ1) is 19.1. The molecule has 0 amide bonds. The van der Waals surface area contributed by atoms with Crippen molar-refractivity contribution in [2.24, 2.45) is 0 Å². The molecule has 0 fully saturated rings. The summed E-state index contributed by atoms with van der Waals surface area (Å²) in [7, 11) is -3.73. The topological polar surface area (TPSA) is 64.6 Å². The maximum atomic E-state index is 12.8. The van der Waals surface area contributed by atoms with Crippen LogP contribution in [0.4, 0.5) is 5.69 Å². The second kappa shape index (κ2) is 7.78. The van der Waals surface area contributed by atoms with Crippen molar-refractivity contribution in [3.8, 4) is 11.5 Å². The molecule has 25 heavy (non-hydrogen) atoms. The Kier molecular flexibility index (Phi) is 5.95. The van der Waals surface area contributed by atoms with E-state index < -0.39 is 10.0 Å². The van der Waals surface area contributed by atoms with Crippen molar-refractivity contribution < 1.29 is 17.9 Å². The highest BCUT2D eigenvalue weighted by molar-refractivity contribution is 7.92. The molecule has 0 aliphatic heterocycles. The minimum Gasteiger partial charge on any atom is -0.490 e. The molecule has 136 valence electrons. The zero-order valence-corrected chi connectivity index (χ0v) is 16.2. The van der Waals surface area contributed by atoms with Crippen LogP contribution in [-0.2, 0) is 10.0 Å². The number of nitrogens with one attached hydrogen (secondary N) is 1. The Hall–Kier alpha value is -2.21. The van der Waals surface area contributed by atoms with E-state index in [1.807, 2.05) is 46.8 Å². The minimum atomic E-state index is -3.73. The highest BCUT2D eigenvalue weighted by atomic mass is 32.2. The summed E-state index contributed by atoms with van der Waals surface area (Å²) in [5, 5.41) is 0. The number of aryl methyl sites for hydroxylation is 3. The van der Waals surface area contributed by atoms with Crippen LogP contribution in [0.15, 0.2) is 35.2 Å². The Morgan fingerprint density at radius 2 is 1.44 bits per heavy atom. The predicted molar refractivity (Wildman–Crippen MR) is 100 cm³/mol. The van der Waals surface area contributed by atoms with E-state index in [1.54, 1.807) is 6.07 Å². The summed E-state index contributed by atoms with van der Waals surface area (Å²) in [4.78, 5) is 0.138. The van der Waals surface area contributed by atoms with Gasteiger partial charge in [-0.15, -0.1) is 0 Å². The fourth-order valence-electron chi connectivity index (χ4n) is 2.73. The molecule has 2 aromatic rings. The molecule has 2 rings (SSSR count). The molecule has 0 bridgehead atoms. The maximum absolute atomic E-state index is 12.8. The number of benzene rings is 2. The van der Waals surface area contributed by atoms with Gasteiger partial charge in [-0.05, 0) is 57.9 Å². The van der Waals surface area contributed by atoms with Crippen molar-refractivity contribution >= 4 is 15.7 Å². The Balaban J connectivity index is 2.41. The molecule has 0 aliphatic rings. The monoisotopic (exact) mass is 363 g/mol. The molecule has 0 heterocycles. The van der Waals surface area contributed by atoms with Crippen LogP contribution in [0.1, 0.15) is 30.5 Å². The summed E-state index contributed by atoms with van der Waals surface area (Å²) in [6.45, 7) is 10.4. The first-order chi connectivity index (χ1) is 11.8. The molecule has 1 N–H and O–H groups in total. The van der Waals surface area contributed by atoms with Crippen LogP contribution < -0.4 is 14.2 Å². The van der Waals surface area contributed by atoms with Gasteiger partial charge in [0, 0.05) is 6.07 Å². The molecule has 0 unspecified atom stereocenters. The predicted octanol–water partition coefficient (Wildman–Crippen LogP) is 4.21. The maximum Gasteiger partial charge on any atom is 0.262 e. The molecule has 2 aromatic carbocycles. The van der Waals surface area contributed by atoms with E-state index in [0.29, 0.717) is 30.4 Å². The van der Waals surface area contributed by atoms with E-state index in [9.17, 15) is 8.42 Å². The van der Waals surface area contributed by atoms with E-state index in [1.165, 1.54) is 12.1 Å². The summed E-state index contributed by atoms with van der Waals surface area (Å²) in [6.07, 6.45) is 0. The molecule has 0 spiro atoms. The fourth-order valence-corrected chi connectivity index (χ4v) is 3.95. The molecule has 6 heteroatoms. The van der Waals surface area contributed by atoms with Crippen molar-refractivity contribution in [3.63, 3.8) is 0 Å². The minimum absolute atomic E-state index is 0.138. The zero-order valence-electron chi connectivity index (χ0n) is 15.3. The van der Waals surface area contributed by atoms with Gasteiger partial charge in [0.1, 0.15) is 0 Å². The van der Waals surface area contributed by atoms with Crippen LogP contribution in [-0.4, -0.2) is 21.6 Å². The second-order valence-electron chi connectivity index (χ2n) is 5.85. The average molecular weight is 363 g/mol. The van der Waals surface area contributed by atoms with Crippen molar-refractivity contribution in [3.05, 3.63) is 47.0 Å².